The van der Waals surface area contributed by atoms with Crippen LogP contribution in [0.25, 0.3) is 0 Å². The van der Waals surface area contributed by atoms with Gasteiger partial charge in [-0.15, -0.1) is 0 Å². The summed E-state index contributed by atoms with van der Waals surface area (Å²) in [7, 11) is 0. The molecular weight excluding hydrogens is 316 g/mol. The number of carbonyl (C=O) groups is 1. The van der Waals surface area contributed by atoms with Gasteiger partial charge in [0.05, 0.1) is 13.2 Å². The molecule has 6 heteroatoms. The number of hydrogen-bond donors (Lipinski definition) is 1. The minimum atomic E-state index is -0.314. The summed E-state index contributed by atoms with van der Waals surface area (Å²) >= 11 is 5.68. The van der Waals surface area contributed by atoms with Crippen LogP contribution in [0.1, 0.15) is 29.1 Å². The van der Waals surface area contributed by atoms with Crippen molar-refractivity contribution in [1.82, 2.24) is 4.90 Å². The number of halogens is 1. The lowest BCUT2D eigenvalue weighted by molar-refractivity contribution is 0.0198. The fourth-order valence-corrected chi connectivity index (χ4v) is 2.80. The van der Waals surface area contributed by atoms with Crippen LogP contribution in [0.4, 0.5) is 5.69 Å². The average Bonchev–Trinajstić information content (AvgIpc) is 3.02. The number of anilines is 1. The summed E-state index contributed by atoms with van der Waals surface area (Å²) < 4.78 is 10.5. The summed E-state index contributed by atoms with van der Waals surface area (Å²) in [5.41, 5.74) is 1.94. The van der Waals surface area contributed by atoms with E-state index in [-0.39, 0.29) is 16.9 Å². The van der Waals surface area contributed by atoms with Crippen LogP contribution in [-0.4, -0.2) is 37.1 Å². The quantitative estimate of drug-likeness (QED) is 0.928. The minimum Gasteiger partial charge on any atom is -0.440 e. The second-order valence-electron chi connectivity index (χ2n) is 5.50. The Morgan fingerprint density at radius 1 is 1.17 bits per heavy atom. The second kappa shape index (κ2) is 7.17. The summed E-state index contributed by atoms with van der Waals surface area (Å²) in [6.45, 7) is 5.63. The van der Waals surface area contributed by atoms with Gasteiger partial charge in [-0.2, -0.15) is 0 Å². The summed E-state index contributed by atoms with van der Waals surface area (Å²) in [5, 5.41) is 2.99. The number of furan rings is 1. The van der Waals surface area contributed by atoms with Crippen LogP contribution in [0, 0.1) is 0 Å². The van der Waals surface area contributed by atoms with Crippen molar-refractivity contribution < 1.29 is 13.9 Å². The molecule has 1 N–H and O–H groups in total. The zero-order valence-electron chi connectivity index (χ0n) is 12.9. The van der Waals surface area contributed by atoms with Gasteiger partial charge in [0.2, 0.25) is 0 Å². The molecule has 3 rings (SSSR count). The van der Waals surface area contributed by atoms with Crippen molar-refractivity contribution in [3.05, 3.63) is 52.9 Å². The van der Waals surface area contributed by atoms with Gasteiger partial charge in [-0.3, -0.25) is 9.69 Å². The lowest BCUT2D eigenvalue weighted by Gasteiger charge is -2.32. The molecule has 1 amide bonds. The standard InChI is InChI=1S/C17H19ClN2O3/c1-12(20-8-10-22-11-9-20)13-2-4-14(5-3-13)19-17(21)15-6-7-16(18)23-15/h2-7,12H,8-11H2,1H3,(H,19,21). The van der Waals surface area contributed by atoms with Gasteiger partial charge in [0.1, 0.15) is 0 Å². The maximum absolute atomic E-state index is 12.0. The van der Waals surface area contributed by atoms with Crippen molar-refractivity contribution >= 4 is 23.2 Å². The molecule has 1 unspecified atom stereocenters. The molecule has 2 aromatic rings. The molecule has 0 bridgehead atoms. The highest BCUT2D eigenvalue weighted by Gasteiger charge is 2.18. The molecule has 1 aliphatic heterocycles. The SMILES string of the molecule is CC(c1ccc(NC(=O)c2ccc(Cl)o2)cc1)N1CCOCC1. The highest BCUT2D eigenvalue weighted by molar-refractivity contribution is 6.29. The first-order valence-corrected chi connectivity index (χ1v) is 8.00. The van der Waals surface area contributed by atoms with E-state index in [2.05, 4.69) is 17.1 Å². The van der Waals surface area contributed by atoms with E-state index in [1.54, 1.807) is 12.1 Å². The Morgan fingerprint density at radius 2 is 1.87 bits per heavy atom. The van der Waals surface area contributed by atoms with E-state index in [0.717, 1.165) is 32.0 Å². The number of carbonyl (C=O) groups excluding carboxylic acids is 1. The maximum Gasteiger partial charge on any atom is 0.291 e. The number of nitrogens with zero attached hydrogens (tertiary/aromatic N) is 1. The van der Waals surface area contributed by atoms with E-state index in [1.807, 2.05) is 24.3 Å². The Bertz CT molecular complexity index is 663. The van der Waals surface area contributed by atoms with Gasteiger partial charge >= 0.3 is 0 Å². The zero-order valence-corrected chi connectivity index (χ0v) is 13.7. The topological polar surface area (TPSA) is 54.7 Å². The Balaban J connectivity index is 1.63. The normalized spacial score (nSPS) is 17.0. The predicted octanol–water partition coefficient (Wildman–Crippen LogP) is 3.58. The summed E-state index contributed by atoms with van der Waals surface area (Å²) in [6, 6.07) is 11.3. The Kier molecular flexibility index (Phi) is 5.00. The van der Waals surface area contributed by atoms with Crippen molar-refractivity contribution in [2.24, 2.45) is 0 Å². The van der Waals surface area contributed by atoms with E-state index < -0.39 is 0 Å². The molecule has 122 valence electrons. The zero-order chi connectivity index (χ0) is 16.2. The van der Waals surface area contributed by atoms with Crippen LogP contribution in [0.3, 0.4) is 0 Å². The first-order chi connectivity index (χ1) is 11.1. The molecule has 1 atom stereocenters. The third-order valence-corrected chi connectivity index (χ3v) is 4.24. The molecular formula is C17H19ClN2O3. The first kappa shape index (κ1) is 16.1. The van der Waals surface area contributed by atoms with Gasteiger partial charge in [-0.25, -0.2) is 0 Å². The third kappa shape index (κ3) is 3.93. The molecule has 2 heterocycles. The molecule has 0 radical (unpaired) electrons. The molecule has 0 aliphatic carbocycles. The van der Waals surface area contributed by atoms with Crippen LogP contribution in [0.5, 0.6) is 0 Å². The number of nitrogens with one attached hydrogen (secondary N) is 1. The molecule has 0 spiro atoms. The van der Waals surface area contributed by atoms with Crippen LogP contribution < -0.4 is 5.32 Å². The highest BCUT2D eigenvalue weighted by atomic mass is 35.5. The number of amides is 1. The van der Waals surface area contributed by atoms with Gasteiger partial charge in [0, 0.05) is 24.8 Å². The van der Waals surface area contributed by atoms with Gasteiger partial charge < -0.3 is 14.5 Å². The number of rotatable bonds is 4. The predicted molar refractivity (Wildman–Crippen MR) is 88.9 cm³/mol. The molecule has 1 aromatic heterocycles. The largest absolute Gasteiger partial charge is 0.440 e. The Hall–Kier alpha value is -1.82. The minimum absolute atomic E-state index is 0.195. The van der Waals surface area contributed by atoms with Crippen molar-refractivity contribution in [3.63, 3.8) is 0 Å². The molecule has 1 aliphatic rings. The van der Waals surface area contributed by atoms with Crippen LogP contribution >= 0.6 is 11.6 Å². The number of ether oxygens (including phenoxy) is 1. The fraction of sp³-hybridized carbons (Fsp3) is 0.353. The van der Waals surface area contributed by atoms with Gasteiger partial charge in [0.25, 0.3) is 5.91 Å². The molecule has 23 heavy (non-hydrogen) atoms. The smallest absolute Gasteiger partial charge is 0.291 e. The summed E-state index contributed by atoms with van der Waals surface area (Å²) in [6.07, 6.45) is 0. The summed E-state index contributed by atoms with van der Waals surface area (Å²) in [5.74, 6) is -0.119. The lowest BCUT2D eigenvalue weighted by atomic mass is 10.1. The molecule has 1 fully saturated rings. The highest BCUT2D eigenvalue weighted by Crippen LogP contribution is 2.23. The first-order valence-electron chi connectivity index (χ1n) is 7.62. The Morgan fingerprint density at radius 3 is 2.48 bits per heavy atom. The number of hydrogen-bond acceptors (Lipinski definition) is 4. The van der Waals surface area contributed by atoms with E-state index in [9.17, 15) is 4.79 Å². The van der Waals surface area contributed by atoms with Crippen molar-refractivity contribution in [3.8, 4) is 0 Å². The lowest BCUT2D eigenvalue weighted by Crippen LogP contribution is -2.37. The number of morpholine rings is 1. The van der Waals surface area contributed by atoms with E-state index in [0.29, 0.717) is 6.04 Å². The fourth-order valence-electron chi connectivity index (χ4n) is 2.65. The van der Waals surface area contributed by atoms with Crippen LogP contribution in [0.2, 0.25) is 5.22 Å². The van der Waals surface area contributed by atoms with Crippen molar-refractivity contribution in [2.45, 2.75) is 13.0 Å². The summed E-state index contributed by atoms with van der Waals surface area (Å²) in [4.78, 5) is 14.4. The van der Waals surface area contributed by atoms with Gasteiger partial charge in [0.15, 0.2) is 11.0 Å². The second-order valence-corrected chi connectivity index (χ2v) is 5.88. The third-order valence-electron chi connectivity index (χ3n) is 4.04. The van der Waals surface area contributed by atoms with E-state index in [1.165, 1.54) is 5.56 Å². The molecule has 5 nitrogen and oxygen atoms in total. The van der Waals surface area contributed by atoms with E-state index in [4.69, 9.17) is 20.8 Å². The van der Waals surface area contributed by atoms with Crippen LogP contribution in [0.15, 0.2) is 40.8 Å². The molecule has 1 aromatic carbocycles. The monoisotopic (exact) mass is 334 g/mol. The van der Waals surface area contributed by atoms with Gasteiger partial charge in [-0.05, 0) is 48.4 Å². The maximum atomic E-state index is 12.0. The molecule has 0 saturated carbocycles. The molecule has 1 saturated heterocycles. The number of benzene rings is 1. The van der Waals surface area contributed by atoms with E-state index >= 15 is 0 Å². The van der Waals surface area contributed by atoms with Crippen LogP contribution in [-0.2, 0) is 4.74 Å². The Labute approximate surface area is 140 Å². The van der Waals surface area contributed by atoms with Crippen molar-refractivity contribution in [2.75, 3.05) is 31.6 Å². The van der Waals surface area contributed by atoms with Gasteiger partial charge in [-0.1, -0.05) is 12.1 Å². The van der Waals surface area contributed by atoms with Crippen molar-refractivity contribution in [1.29, 1.82) is 0 Å². The average molecular weight is 335 g/mol.